The number of anilines is 1. The monoisotopic (exact) mass is 278 g/mol. The maximum atomic E-state index is 12.2. The van der Waals surface area contributed by atoms with Crippen LogP contribution in [0.3, 0.4) is 0 Å². The summed E-state index contributed by atoms with van der Waals surface area (Å²) in [6.45, 7) is 9.36. The molecule has 4 nitrogen and oxygen atoms in total. The summed E-state index contributed by atoms with van der Waals surface area (Å²) >= 11 is 0. The number of nitrogens with zero attached hydrogens (tertiary/aromatic N) is 2. The Morgan fingerprint density at radius 3 is 2.26 bits per heavy atom. The SMILES string of the molecule is CC.CCNC(C)CNc1cnc(C(F)(F)F)cn1. The topological polar surface area (TPSA) is 49.8 Å². The van der Waals surface area contributed by atoms with Gasteiger partial charge in [0.1, 0.15) is 5.82 Å². The highest BCUT2D eigenvalue weighted by Crippen LogP contribution is 2.26. The molecule has 0 fully saturated rings. The van der Waals surface area contributed by atoms with Crippen LogP contribution in [-0.2, 0) is 6.18 Å². The average Bonchev–Trinajstić information content (AvgIpc) is 2.38. The van der Waals surface area contributed by atoms with Crippen LogP contribution in [-0.4, -0.2) is 29.1 Å². The highest BCUT2D eigenvalue weighted by Gasteiger charge is 2.32. The number of nitrogens with one attached hydrogen (secondary N) is 2. The van der Waals surface area contributed by atoms with Gasteiger partial charge in [0.25, 0.3) is 0 Å². The minimum absolute atomic E-state index is 0.212. The van der Waals surface area contributed by atoms with Crippen molar-refractivity contribution in [2.24, 2.45) is 0 Å². The van der Waals surface area contributed by atoms with Gasteiger partial charge in [0.15, 0.2) is 5.69 Å². The normalized spacial score (nSPS) is 12.4. The van der Waals surface area contributed by atoms with Gasteiger partial charge in [-0.25, -0.2) is 9.97 Å². The number of likely N-dealkylation sites (N-methyl/N-ethyl adjacent to an activating group) is 1. The van der Waals surface area contributed by atoms with Gasteiger partial charge in [-0.1, -0.05) is 20.8 Å². The van der Waals surface area contributed by atoms with Crippen molar-refractivity contribution in [2.75, 3.05) is 18.4 Å². The fourth-order valence-electron chi connectivity index (χ4n) is 1.24. The number of aromatic nitrogens is 2. The van der Waals surface area contributed by atoms with Crippen molar-refractivity contribution >= 4 is 5.82 Å². The zero-order chi connectivity index (χ0) is 14.9. The summed E-state index contributed by atoms with van der Waals surface area (Å²) in [5, 5.41) is 6.07. The van der Waals surface area contributed by atoms with E-state index in [0.29, 0.717) is 12.4 Å². The molecule has 1 rings (SSSR count). The van der Waals surface area contributed by atoms with Crippen LogP contribution >= 0.6 is 0 Å². The quantitative estimate of drug-likeness (QED) is 0.869. The first kappa shape index (κ1) is 17.6. The van der Waals surface area contributed by atoms with E-state index in [1.807, 2.05) is 27.7 Å². The minimum atomic E-state index is -4.44. The molecule has 19 heavy (non-hydrogen) atoms. The van der Waals surface area contributed by atoms with Gasteiger partial charge in [-0.05, 0) is 13.5 Å². The summed E-state index contributed by atoms with van der Waals surface area (Å²) in [7, 11) is 0. The molecule has 0 aliphatic carbocycles. The van der Waals surface area contributed by atoms with E-state index >= 15 is 0 Å². The number of hydrogen-bond donors (Lipinski definition) is 2. The molecule has 0 amide bonds. The van der Waals surface area contributed by atoms with Crippen molar-refractivity contribution in [3.8, 4) is 0 Å². The molecule has 0 radical (unpaired) electrons. The number of hydrogen-bond acceptors (Lipinski definition) is 4. The highest BCUT2D eigenvalue weighted by molar-refractivity contribution is 5.31. The Balaban J connectivity index is 0.00000154. The van der Waals surface area contributed by atoms with Crippen molar-refractivity contribution < 1.29 is 13.2 Å². The maximum Gasteiger partial charge on any atom is 0.434 e. The van der Waals surface area contributed by atoms with E-state index in [9.17, 15) is 13.2 Å². The molecule has 0 aliphatic rings. The van der Waals surface area contributed by atoms with E-state index in [0.717, 1.165) is 18.9 Å². The van der Waals surface area contributed by atoms with Crippen LogP contribution in [0.25, 0.3) is 0 Å². The van der Waals surface area contributed by atoms with Gasteiger partial charge in [0.05, 0.1) is 12.4 Å². The van der Waals surface area contributed by atoms with E-state index in [1.54, 1.807) is 0 Å². The lowest BCUT2D eigenvalue weighted by Gasteiger charge is -2.13. The first-order chi connectivity index (χ1) is 8.93. The van der Waals surface area contributed by atoms with Crippen LogP contribution in [0.15, 0.2) is 12.4 Å². The molecule has 0 saturated carbocycles. The lowest BCUT2D eigenvalue weighted by molar-refractivity contribution is -0.141. The Labute approximate surface area is 111 Å². The fraction of sp³-hybridized carbons (Fsp3) is 0.667. The molecule has 2 N–H and O–H groups in total. The van der Waals surface area contributed by atoms with Gasteiger partial charge in [0, 0.05) is 12.6 Å². The second-order valence-corrected chi connectivity index (χ2v) is 3.62. The van der Waals surface area contributed by atoms with Crippen LogP contribution in [0.4, 0.5) is 19.0 Å². The lowest BCUT2D eigenvalue weighted by Crippen LogP contribution is -2.32. The molecule has 1 unspecified atom stereocenters. The summed E-state index contributed by atoms with van der Waals surface area (Å²) in [5.74, 6) is 0.336. The molecule has 1 aromatic rings. The van der Waals surface area contributed by atoms with Crippen molar-refractivity contribution in [3.63, 3.8) is 0 Å². The Bertz CT molecular complexity index is 338. The molecule has 1 atom stereocenters. The van der Waals surface area contributed by atoms with Gasteiger partial charge < -0.3 is 10.6 Å². The van der Waals surface area contributed by atoms with Crippen LogP contribution in [0.2, 0.25) is 0 Å². The molecule has 1 aromatic heterocycles. The van der Waals surface area contributed by atoms with E-state index in [4.69, 9.17) is 0 Å². The third-order valence-corrected chi connectivity index (χ3v) is 2.08. The molecule has 110 valence electrons. The summed E-state index contributed by atoms with van der Waals surface area (Å²) < 4.78 is 36.6. The second kappa shape index (κ2) is 8.68. The van der Waals surface area contributed by atoms with Crippen LogP contribution < -0.4 is 10.6 Å². The number of halogens is 3. The molecule has 0 spiro atoms. The third kappa shape index (κ3) is 6.95. The summed E-state index contributed by atoms with van der Waals surface area (Å²) in [6, 6.07) is 0.212. The zero-order valence-corrected chi connectivity index (χ0v) is 11.7. The molecule has 0 bridgehead atoms. The van der Waals surface area contributed by atoms with Crippen molar-refractivity contribution in [1.82, 2.24) is 15.3 Å². The Hall–Kier alpha value is -1.37. The third-order valence-electron chi connectivity index (χ3n) is 2.08. The van der Waals surface area contributed by atoms with Gasteiger partial charge in [-0.2, -0.15) is 13.2 Å². The molecule has 0 aliphatic heterocycles. The first-order valence-electron chi connectivity index (χ1n) is 6.30. The maximum absolute atomic E-state index is 12.2. The standard InChI is InChI=1S/C10H15F3N4.C2H6/c1-3-14-7(2)4-16-9-6-15-8(5-17-9)10(11,12)13;1-2/h5-7,14H,3-4H2,1-2H3,(H,16,17);1-2H3. The van der Waals surface area contributed by atoms with Crippen molar-refractivity contribution in [1.29, 1.82) is 0 Å². The fourth-order valence-corrected chi connectivity index (χ4v) is 1.24. The predicted molar refractivity (Wildman–Crippen MR) is 70.0 cm³/mol. The minimum Gasteiger partial charge on any atom is -0.367 e. The average molecular weight is 278 g/mol. The first-order valence-corrected chi connectivity index (χ1v) is 6.30. The second-order valence-electron chi connectivity index (χ2n) is 3.62. The molecule has 0 aromatic carbocycles. The summed E-state index contributed by atoms with van der Waals surface area (Å²) in [4.78, 5) is 6.96. The largest absolute Gasteiger partial charge is 0.434 e. The summed E-state index contributed by atoms with van der Waals surface area (Å²) in [6.07, 6.45) is -2.63. The van der Waals surface area contributed by atoms with Gasteiger partial charge in [-0.15, -0.1) is 0 Å². The summed E-state index contributed by atoms with van der Waals surface area (Å²) in [5.41, 5.74) is -0.984. The zero-order valence-electron chi connectivity index (χ0n) is 11.7. The Morgan fingerprint density at radius 1 is 1.21 bits per heavy atom. The van der Waals surface area contributed by atoms with E-state index in [-0.39, 0.29) is 6.04 Å². The predicted octanol–water partition coefficient (Wildman–Crippen LogP) is 2.93. The van der Waals surface area contributed by atoms with Gasteiger partial charge in [0.2, 0.25) is 0 Å². The van der Waals surface area contributed by atoms with Crippen LogP contribution in [0.1, 0.15) is 33.4 Å². The number of alkyl halides is 3. The van der Waals surface area contributed by atoms with E-state index < -0.39 is 11.9 Å². The Kier molecular flexibility index (Phi) is 8.06. The Morgan fingerprint density at radius 2 is 1.84 bits per heavy atom. The molecule has 1 heterocycles. The lowest BCUT2D eigenvalue weighted by atomic mass is 10.3. The van der Waals surface area contributed by atoms with E-state index in [2.05, 4.69) is 20.6 Å². The highest BCUT2D eigenvalue weighted by atomic mass is 19.4. The van der Waals surface area contributed by atoms with E-state index in [1.165, 1.54) is 0 Å². The molecular weight excluding hydrogens is 257 g/mol. The van der Waals surface area contributed by atoms with Gasteiger partial charge >= 0.3 is 6.18 Å². The van der Waals surface area contributed by atoms with Crippen molar-refractivity contribution in [2.45, 2.75) is 39.9 Å². The van der Waals surface area contributed by atoms with Gasteiger partial charge in [-0.3, -0.25) is 0 Å². The van der Waals surface area contributed by atoms with Crippen LogP contribution in [0, 0.1) is 0 Å². The molecular formula is C12H21F3N4. The van der Waals surface area contributed by atoms with Crippen LogP contribution in [0.5, 0.6) is 0 Å². The smallest absolute Gasteiger partial charge is 0.367 e. The number of rotatable bonds is 5. The molecule has 7 heteroatoms. The molecule has 0 saturated heterocycles. The van der Waals surface area contributed by atoms with Crippen molar-refractivity contribution in [3.05, 3.63) is 18.1 Å².